The average molecular weight is 263 g/mol. The van der Waals surface area contributed by atoms with Gasteiger partial charge in [0.15, 0.2) is 5.78 Å². The number of Topliss-reactive ketones (excluding diaryl/α,β-unsaturated/α-hetero) is 1. The number of aromatic nitrogens is 2. The summed E-state index contributed by atoms with van der Waals surface area (Å²) in [6.07, 6.45) is 7.96. The Morgan fingerprint density at radius 1 is 1.11 bits per heavy atom. The van der Waals surface area contributed by atoms with Crippen molar-refractivity contribution in [3.63, 3.8) is 0 Å². The molecule has 106 valence electrons. The van der Waals surface area contributed by atoms with Crippen LogP contribution < -0.4 is 5.73 Å². The molecule has 0 aliphatic carbocycles. The van der Waals surface area contributed by atoms with E-state index in [0.717, 1.165) is 37.8 Å². The number of nitrogens with two attached hydrogens (primary N) is 1. The number of unbranched alkanes of at least 4 members (excludes halogenated alkanes) is 4. The fourth-order valence-electron chi connectivity index (χ4n) is 2.01. The molecule has 0 radical (unpaired) electrons. The van der Waals surface area contributed by atoms with E-state index in [1.165, 1.54) is 12.8 Å². The predicted octanol–water partition coefficient (Wildman–Crippen LogP) is 3.55. The van der Waals surface area contributed by atoms with E-state index in [1.807, 2.05) is 0 Å². The lowest BCUT2D eigenvalue weighted by molar-refractivity contribution is 0.0974. The van der Waals surface area contributed by atoms with Crippen molar-refractivity contribution < 1.29 is 4.79 Å². The molecule has 0 unspecified atom stereocenters. The molecule has 0 aromatic carbocycles. The molecule has 0 bridgehead atoms. The topological polar surface area (TPSA) is 68.9 Å². The van der Waals surface area contributed by atoms with E-state index in [2.05, 4.69) is 23.8 Å². The lowest BCUT2D eigenvalue weighted by atomic mass is 10.1. The number of rotatable bonds is 9. The highest BCUT2D eigenvalue weighted by Gasteiger charge is 2.10. The first-order valence-corrected chi connectivity index (χ1v) is 7.34. The number of carbonyl (C=O) groups is 1. The molecular formula is C15H25N3O. The Morgan fingerprint density at radius 3 is 2.47 bits per heavy atom. The molecule has 1 aromatic rings. The van der Waals surface area contributed by atoms with Crippen LogP contribution >= 0.6 is 0 Å². The normalized spacial score (nSPS) is 10.6. The first kappa shape index (κ1) is 15.6. The van der Waals surface area contributed by atoms with Gasteiger partial charge in [-0.1, -0.05) is 39.5 Å². The second-order valence-electron chi connectivity index (χ2n) is 4.94. The van der Waals surface area contributed by atoms with Crippen molar-refractivity contribution in [2.45, 2.75) is 65.2 Å². The first-order valence-electron chi connectivity index (χ1n) is 7.34. The van der Waals surface area contributed by atoms with Crippen molar-refractivity contribution >= 4 is 11.7 Å². The van der Waals surface area contributed by atoms with E-state index >= 15 is 0 Å². The van der Waals surface area contributed by atoms with Crippen LogP contribution in [0, 0.1) is 0 Å². The quantitative estimate of drug-likeness (QED) is 0.546. The zero-order valence-electron chi connectivity index (χ0n) is 12.1. The van der Waals surface area contributed by atoms with Gasteiger partial charge in [0.2, 0.25) is 5.95 Å². The van der Waals surface area contributed by atoms with Crippen molar-refractivity contribution in [2.24, 2.45) is 0 Å². The number of hydrogen-bond donors (Lipinski definition) is 1. The maximum absolute atomic E-state index is 12.0. The molecule has 0 aliphatic heterocycles. The van der Waals surface area contributed by atoms with Crippen molar-refractivity contribution in [1.29, 1.82) is 0 Å². The Balaban J connectivity index is 2.64. The highest BCUT2D eigenvalue weighted by atomic mass is 16.1. The van der Waals surface area contributed by atoms with Gasteiger partial charge in [0.05, 0.1) is 0 Å². The van der Waals surface area contributed by atoms with Crippen LogP contribution in [0.2, 0.25) is 0 Å². The molecule has 1 aromatic heterocycles. The number of carbonyl (C=O) groups excluding carboxylic acids is 1. The maximum atomic E-state index is 12.0. The lowest BCUT2D eigenvalue weighted by Crippen LogP contribution is -2.08. The summed E-state index contributed by atoms with van der Waals surface area (Å²) in [4.78, 5) is 20.3. The van der Waals surface area contributed by atoms with Gasteiger partial charge < -0.3 is 5.73 Å². The monoisotopic (exact) mass is 263 g/mol. The number of ketones is 1. The molecule has 0 spiro atoms. The second-order valence-corrected chi connectivity index (χ2v) is 4.94. The van der Waals surface area contributed by atoms with Crippen LogP contribution in [0.1, 0.15) is 75.0 Å². The molecule has 0 aliphatic rings. The summed E-state index contributed by atoms with van der Waals surface area (Å²) in [6, 6.07) is 1.81. The van der Waals surface area contributed by atoms with Crippen LogP contribution in [0.5, 0.6) is 0 Å². The molecule has 0 saturated heterocycles. The molecular weight excluding hydrogens is 238 g/mol. The van der Waals surface area contributed by atoms with Gasteiger partial charge in [0, 0.05) is 12.1 Å². The summed E-state index contributed by atoms with van der Waals surface area (Å²) in [5.74, 6) is 0.298. The number of nitrogens with zero attached hydrogens (tertiary/aromatic N) is 2. The molecule has 4 nitrogen and oxygen atoms in total. The summed E-state index contributed by atoms with van der Waals surface area (Å²) >= 11 is 0. The SMILES string of the molecule is CCCCCC(=O)c1cc(CCCCC)nc(N)n1. The molecule has 0 saturated carbocycles. The van der Waals surface area contributed by atoms with Crippen LogP contribution in [0.4, 0.5) is 5.95 Å². The van der Waals surface area contributed by atoms with Gasteiger partial charge >= 0.3 is 0 Å². The number of anilines is 1. The van der Waals surface area contributed by atoms with E-state index in [1.54, 1.807) is 6.07 Å². The zero-order valence-corrected chi connectivity index (χ0v) is 12.1. The third kappa shape index (κ3) is 5.81. The van der Waals surface area contributed by atoms with Gasteiger partial charge in [0.25, 0.3) is 0 Å². The third-order valence-electron chi connectivity index (χ3n) is 3.13. The minimum absolute atomic E-state index is 0.0827. The van der Waals surface area contributed by atoms with E-state index in [0.29, 0.717) is 12.1 Å². The van der Waals surface area contributed by atoms with Crippen LogP contribution in [0.15, 0.2) is 6.07 Å². The average Bonchev–Trinajstić information content (AvgIpc) is 2.38. The second kappa shape index (κ2) is 8.62. The number of hydrogen-bond acceptors (Lipinski definition) is 4. The Morgan fingerprint density at radius 2 is 1.79 bits per heavy atom. The van der Waals surface area contributed by atoms with E-state index in [4.69, 9.17) is 5.73 Å². The summed E-state index contributed by atoms with van der Waals surface area (Å²) in [5.41, 5.74) is 7.05. The maximum Gasteiger partial charge on any atom is 0.220 e. The van der Waals surface area contributed by atoms with Crippen molar-refractivity contribution in [3.05, 3.63) is 17.5 Å². The van der Waals surface area contributed by atoms with Crippen molar-refractivity contribution in [1.82, 2.24) is 9.97 Å². The first-order chi connectivity index (χ1) is 9.17. The van der Waals surface area contributed by atoms with Crippen LogP contribution in [-0.4, -0.2) is 15.8 Å². The van der Waals surface area contributed by atoms with Gasteiger partial charge in [-0.2, -0.15) is 0 Å². The Labute approximate surface area is 115 Å². The largest absolute Gasteiger partial charge is 0.368 e. The lowest BCUT2D eigenvalue weighted by Gasteiger charge is -2.05. The number of nitrogen functional groups attached to an aromatic ring is 1. The Hall–Kier alpha value is -1.45. The highest BCUT2D eigenvalue weighted by molar-refractivity contribution is 5.94. The molecule has 1 rings (SSSR count). The molecule has 0 fully saturated rings. The molecule has 0 amide bonds. The predicted molar refractivity (Wildman–Crippen MR) is 78.1 cm³/mol. The molecule has 19 heavy (non-hydrogen) atoms. The van der Waals surface area contributed by atoms with Gasteiger partial charge in [-0.25, -0.2) is 9.97 Å². The van der Waals surface area contributed by atoms with Crippen molar-refractivity contribution in [3.8, 4) is 0 Å². The molecule has 2 N–H and O–H groups in total. The number of aryl methyl sites for hydroxylation is 1. The van der Waals surface area contributed by atoms with Gasteiger partial charge in [-0.05, 0) is 25.3 Å². The highest BCUT2D eigenvalue weighted by Crippen LogP contribution is 2.11. The minimum Gasteiger partial charge on any atom is -0.368 e. The molecule has 1 heterocycles. The van der Waals surface area contributed by atoms with Gasteiger partial charge in [0.1, 0.15) is 5.69 Å². The summed E-state index contributed by atoms with van der Waals surface area (Å²) in [6.45, 7) is 4.29. The van der Waals surface area contributed by atoms with Crippen LogP contribution in [0.25, 0.3) is 0 Å². The summed E-state index contributed by atoms with van der Waals surface area (Å²) in [7, 11) is 0. The van der Waals surface area contributed by atoms with Crippen LogP contribution in [0.3, 0.4) is 0 Å². The minimum atomic E-state index is 0.0827. The smallest absolute Gasteiger partial charge is 0.220 e. The Bertz CT molecular complexity index is 404. The fourth-order valence-corrected chi connectivity index (χ4v) is 2.01. The third-order valence-corrected chi connectivity index (χ3v) is 3.13. The van der Waals surface area contributed by atoms with E-state index < -0.39 is 0 Å². The Kier molecular flexibility index (Phi) is 7.08. The molecule has 0 atom stereocenters. The van der Waals surface area contributed by atoms with Crippen molar-refractivity contribution in [2.75, 3.05) is 5.73 Å². The van der Waals surface area contributed by atoms with Gasteiger partial charge in [-0.15, -0.1) is 0 Å². The molecule has 4 heteroatoms. The standard InChI is InChI=1S/C15H25N3O/c1-3-5-7-9-12-11-13(18-15(16)17-12)14(19)10-8-6-4-2/h11H,3-10H2,1-2H3,(H2,16,17,18). The van der Waals surface area contributed by atoms with Gasteiger partial charge in [-0.3, -0.25) is 4.79 Å². The fraction of sp³-hybridized carbons (Fsp3) is 0.667. The van der Waals surface area contributed by atoms with E-state index in [-0.39, 0.29) is 11.7 Å². The summed E-state index contributed by atoms with van der Waals surface area (Å²) < 4.78 is 0. The summed E-state index contributed by atoms with van der Waals surface area (Å²) in [5, 5.41) is 0. The van der Waals surface area contributed by atoms with E-state index in [9.17, 15) is 4.79 Å². The van der Waals surface area contributed by atoms with Crippen LogP contribution in [-0.2, 0) is 6.42 Å². The zero-order chi connectivity index (χ0) is 14.1.